The van der Waals surface area contributed by atoms with Crippen LogP contribution in [-0.4, -0.2) is 40.5 Å². The summed E-state index contributed by atoms with van der Waals surface area (Å²) in [6.45, 7) is 2.23. The molecule has 3 atom stereocenters. The summed E-state index contributed by atoms with van der Waals surface area (Å²) in [5.74, 6) is 1.02. The highest BCUT2D eigenvalue weighted by Gasteiger charge is 2.47. The summed E-state index contributed by atoms with van der Waals surface area (Å²) < 4.78 is 4.98. The number of hydrogen-bond donors (Lipinski definition) is 1. The Morgan fingerprint density at radius 2 is 2.21 bits per heavy atom. The molecule has 3 rings (SSSR count). The number of piperidine rings is 1. The monoisotopic (exact) mass is 194 g/mol. The van der Waals surface area contributed by atoms with E-state index in [4.69, 9.17) is 10.3 Å². The maximum atomic E-state index is 11.5. The fourth-order valence-electron chi connectivity index (χ4n) is 2.33. The number of rotatable bonds is 1. The van der Waals surface area contributed by atoms with Crippen LogP contribution >= 0.6 is 0 Å². The third-order valence-corrected chi connectivity index (χ3v) is 2.96. The lowest BCUT2D eigenvalue weighted by atomic mass is 9.91. The van der Waals surface area contributed by atoms with E-state index >= 15 is 0 Å². The zero-order valence-electron chi connectivity index (χ0n) is 7.51. The number of hydrogen-bond acceptors (Lipinski definition) is 6. The molecular formula is C8H10N4O2. The quantitative estimate of drug-likeness (QED) is 0.633. The number of carbonyl (C=O) groups is 1. The Bertz CT molecular complexity index is 388. The summed E-state index contributed by atoms with van der Waals surface area (Å²) in [5.41, 5.74) is 5.36. The van der Waals surface area contributed by atoms with E-state index in [9.17, 15) is 4.79 Å². The molecule has 0 spiro atoms. The number of carbonyl (C=O) groups excluding carboxylic acids is 1. The molecule has 14 heavy (non-hydrogen) atoms. The van der Waals surface area contributed by atoms with Crippen molar-refractivity contribution in [1.82, 2.24) is 15.0 Å². The molecule has 0 saturated carbocycles. The highest BCUT2D eigenvalue weighted by atomic mass is 16.5. The number of anilines is 1. The first-order chi connectivity index (χ1) is 6.74. The van der Waals surface area contributed by atoms with Crippen LogP contribution in [0.1, 0.15) is 11.8 Å². The number of fused-ring (bicyclic) bond motifs is 2. The van der Waals surface area contributed by atoms with Gasteiger partial charge in [0.1, 0.15) is 0 Å². The molecule has 2 aliphatic heterocycles. The number of nitrogen functional groups attached to an aromatic ring is 1. The second kappa shape index (κ2) is 2.54. The zero-order valence-corrected chi connectivity index (χ0v) is 7.51. The first kappa shape index (κ1) is 7.93. The van der Waals surface area contributed by atoms with Gasteiger partial charge in [-0.2, -0.15) is 4.98 Å². The molecule has 3 heterocycles. The Labute approximate surface area is 80.1 Å². The standard InChI is InChI=1S/C8H10N4O2/c9-8-10-7(14-11-8)5-2-12-1-4(5)6(13)3-12/h4-5H,1-3H2,(H2,9,11). The second-order valence-corrected chi connectivity index (χ2v) is 3.86. The van der Waals surface area contributed by atoms with E-state index < -0.39 is 0 Å². The van der Waals surface area contributed by atoms with E-state index in [2.05, 4.69) is 15.0 Å². The smallest absolute Gasteiger partial charge is 0.260 e. The van der Waals surface area contributed by atoms with Gasteiger partial charge in [-0.05, 0) is 5.16 Å². The Morgan fingerprint density at radius 1 is 1.43 bits per heavy atom. The van der Waals surface area contributed by atoms with Gasteiger partial charge in [-0.25, -0.2) is 0 Å². The average molecular weight is 194 g/mol. The van der Waals surface area contributed by atoms with Gasteiger partial charge in [-0.1, -0.05) is 0 Å². The maximum absolute atomic E-state index is 11.5. The fourth-order valence-corrected chi connectivity index (χ4v) is 2.33. The van der Waals surface area contributed by atoms with Crippen molar-refractivity contribution >= 4 is 11.7 Å². The Balaban J connectivity index is 1.91. The van der Waals surface area contributed by atoms with Crippen LogP contribution in [0.3, 0.4) is 0 Å². The number of aromatic nitrogens is 2. The first-order valence-corrected chi connectivity index (χ1v) is 4.58. The van der Waals surface area contributed by atoms with Crippen LogP contribution in [0.15, 0.2) is 4.52 Å². The number of nitrogens with two attached hydrogens (primary N) is 1. The van der Waals surface area contributed by atoms with E-state index in [1.165, 1.54) is 0 Å². The van der Waals surface area contributed by atoms with Crippen molar-refractivity contribution in [3.05, 3.63) is 5.89 Å². The zero-order chi connectivity index (χ0) is 9.71. The minimum absolute atomic E-state index is 0.0369. The molecule has 3 unspecified atom stereocenters. The normalized spacial score (nSPS) is 35.4. The molecule has 6 heteroatoms. The van der Waals surface area contributed by atoms with Crippen molar-refractivity contribution in [3.63, 3.8) is 0 Å². The van der Waals surface area contributed by atoms with E-state index in [1.807, 2.05) is 0 Å². The van der Waals surface area contributed by atoms with Crippen LogP contribution in [0.25, 0.3) is 0 Å². The van der Waals surface area contributed by atoms with Gasteiger partial charge in [-0.3, -0.25) is 9.69 Å². The molecule has 6 nitrogen and oxygen atoms in total. The number of nitrogens with zero attached hydrogens (tertiary/aromatic N) is 3. The summed E-state index contributed by atoms with van der Waals surface area (Å²) in [4.78, 5) is 17.5. The van der Waals surface area contributed by atoms with Crippen LogP contribution in [0.4, 0.5) is 5.95 Å². The van der Waals surface area contributed by atoms with Crippen LogP contribution in [0.2, 0.25) is 0 Å². The van der Waals surface area contributed by atoms with Crippen molar-refractivity contribution in [1.29, 1.82) is 0 Å². The molecule has 74 valence electrons. The van der Waals surface area contributed by atoms with Gasteiger partial charge in [0.2, 0.25) is 5.89 Å². The van der Waals surface area contributed by atoms with Crippen LogP contribution in [-0.2, 0) is 4.79 Å². The van der Waals surface area contributed by atoms with Crippen molar-refractivity contribution in [2.45, 2.75) is 5.92 Å². The number of Topliss-reactive ketones (excluding diaryl/α,β-unsaturated/α-hetero) is 1. The largest absolute Gasteiger partial charge is 0.365 e. The average Bonchev–Trinajstić information content (AvgIpc) is 2.77. The van der Waals surface area contributed by atoms with Gasteiger partial charge in [-0.15, -0.1) is 0 Å². The highest BCUT2D eigenvalue weighted by Crippen LogP contribution is 2.36. The van der Waals surface area contributed by atoms with Crippen molar-refractivity contribution in [2.24, 2.45) is 5.92 Å². The minimum Gasteiger partial charge on any atom is -0.365 e. The third kappa shape index (κ3) is 0.971. The van der Waals surface area contributed by atoms with Crippen molar-refractivity contribution in [3.8, 4) is 0 Å². The molecule has 2 aliphatic rings. The van der Waals surface area contributed by atoms with Crippen LogP contribution in [0.5, 0.6) is 0 Å². The van der Waals surface area contributed by atoms with Gasteiger partial charge in [0.05, 0.1) is 12.5 Å². The van der Waals surface area contributed by atoms with E-state index in [1.54, 1.807) is 0 Å². The number of ketones is 1. The maximum Gasteiger partial charge on any atom is 0.260 e. The predicted molar refractivity (Wildman–Crippen MR) is 46.4 cm³/mol. The van der Waals surface area contributed by atoms with E-state index in [-0.39, 0.29) is 23.6 Å². The molecule has 0 amide bonds. The molecule has 1 aromatic heterocycles. The van der Waals surface area contributed by atoms with Gasteiger partial charge in [0.25, 0.3) is 5.95 Å². The lowest BCUT2D eigenvalue weighted by Crippen LogP contribution is -2.29. The summed E-state index contributed by atoms with van der Waals surface area (Å²) >= 11 is 0. The van der Waals surface area contributed by atoms with Crippen molar-refractivity contribution < 1.29 is 9.32 Å². The molecule has 2 N–H and O–H groups in total. The second-order valence-electron chi connectivity index (χ2n) is 3.86. The summed E-state index contributed by atoms with van der Waals surface area (Å²) in [5, 5.41) is 3.53. The third-order valence-electron chi connectivity index (χ3n) is 2.96. The topological polar surface area (TPSA) is 85.2 Å². The van der Waals surface area contributed by atoms with Gasteiger partial charge in [0.15, 0.2) is 5.78 Å². The Kier molecular flexibility index (Phi) is 1.44. The predicted octanol–water partition coefficient (Wildman–Crippen LogP) is -0.750. The molecule has 0 radical (unpaired) electrons. The molecule has 0 aliphatic carbocycles. The van der Waals surface area contributed by atoms with Crippen LogP contribution < -0.4 is 5.73 Å². The molecular weight excluding hydrogens is 184 g/mol. The summed E-state index contributed by atoms with van der Waals surface area (Å²) in [6, 6.07) is 0. The molecule has 2 bridgehead atoms. The van der Waals surface area contributed by atoms with E-state index in [0.717, 1.165) is 13.1 Å². The molecule has 2 saturated heterocycles. The van der Waals surface area contributed by atoms with Gasteiger partial charge in [0, 0.05) is 19.0 Å². The molecule has 1 aromatic rings. The van der Waals surface area contributed by atoms with Gasteiger partial charge >= 0.3 is 0 Å². The first-order valence-electron chi connectivity index (χ1n) is 4.58. The summed E-state index contributed by atoms with van der Waals surface area (Å²) in [7, 11) is 0. The van der Waals surface area contributed by atoms with Crippen LogP contribution in [0, 0.1) is 5.92 Å². The van der Waals surface area contributed by atoms with Crippen molar-refractivity contribution in [2.75, 3.05) is 25.4 Å². The lowest BCUT2D eigenvalue weighted by molar-refractivity contribution is -0.121. The summed E-state index contributed by atoms with van der Waals surface area (Å²) in [6.07, 6.45) is 0. The Morgan fingerprint density at radius 3 is 2.79 bits per heavy atom. The fraction of sp³-hybridized carbons (Fsp3) is 0.625. The van der Waals surface area contributed by atoms with Gasteiger partial charge < -0.3 is 10.3 Å². The SMILES string of the molecule is Nc1noc(C2CN3CC(=O)C2C3)n1. The minimum atomic E-state index is 0.0369. The molecule has 0 aromatic carbocycles. The highest BCUT2D eigenvalue weighted by molar-refractivity contribution is 5.87. The lowest BCUT2D eigenvalue weighted by Gasteiger charge is -2.17. The van der Waals surface area contributed by atoms with E-state index in [0.29, 0.717) is 12.4 Å². The molecule has 2 fully saturated rings. The Hall–Kier alpha value is -1.43.